The van der Waals surface area contributed by atoms with Gasteiger partial charge in [0, 0.05) is 0 Å². The summed E-state index contributed by atoms with van der Waals surface area (Å²) in [5.74, 6) is 0. The highest BCUT2D eigenvalue weighted by Gasteiger charge is 2.36. The largest absolute Gasteiger partial charge is 0.242 e. The molecule has 0 bridgehead atoms. The molecule has 2 nitrogen and oxygen atoms in total. The van der Waals surface area contributed by atoms with E-state index in [4.69, 9.17) is 0 Å². The van der Waals surface area contributed by atoms with Gasteiger partial charge in [0.25, 0.3) is 0 Å². The predicted molar refractivity (Wildman–Crippen MR) is 183 cm³/mol. The monoisotopic (exact) mass is 595 g/mol. The van der Waals surface area contributed by atoms with Crippen LogP contribution in [0.25, 0.3) is 0 Å². The van der Waals surface area contributed by atoms with Crippen LogP contribution >= 0.6 is 7.92 Å². The molecule has 2 aliphatic carbocycles. The third-order valence-corrected chi connectivity index (χ3v) is 14.4. The van der Waals surface area contributed by atoms with E-state index in [1.165, 1.54) is 86.5 Å². The lowest BCUT2D eigenvalue weighted by molar-refractivity contribution is 0.487. The highest BCUT2D eigenvalue weighted by Crippen LogP contribution is 2.56. The number of nitrogens with one attached hydrogen (secondary N) is 1. The molecule has 228 valence electrons. The molecule has 2 atom stereocenters. The Morgan fingerprint density at radius 3 is 1.61 bits per heavy atom. The molecule has 0 aliphatic heterocycles. The van der Waals surface area contributed by atoms with Crippen LogP contribution in [0.5, 0.6) is 0 Å². The lowest BCUT2D eigenvalue weighted by Crippen LogP contribution is -2.38. The molecule has 2 fully saturated rings. The van der Waals surface area contributed by atoms with Gasteiger partial charge in [0.2, 0.25) is 0 Å². The highest BCUT2D eigenvalue weighted by molar-refractivity contribution is 7.84. The van der Waals surface area contributed by atoms with Crippen LogP contribution in [0.1, 0.15) is 155 Å². The Balaban J connectivity index is 1.92. The van der Waals surface area contributed by atoms with Gasteiger partial charge >= 0.3 is 0 Å². The summed E-state index contributed by atoms with van der Waals surface area (Å²) in [5.41, 5.74) is 7.04. The van der Waals surface area contributed by atoms with E-state index >= 15 is 0 Å². The first-order valence-corrected chi connectivity index (χ1v) is 19.0. The van der Waals surface area contributed by atoms with E-state index in [1.807, 2.05) is 0 Å². The Morgan fingerprint density at radius 1 is 0.707 bits per heavy atom. The smallest absolute Gasteiger partial charge is 0.0979 e. The van der Waals surface area contributed by atoms with Gasteiger partial charge in [0.05, 0.1) is 21.8 Å². The molecule has 0 aromatic heterocycles. The first-order chi connectivity index (χ1) is 19.2. The van der Waals surface area contributed by atoms with Gasteiger partial charge in [-0.15, -0.1) is 0 Å². The standard InChI is InChI=1S/C37H58NOPS/c1-35(2,3)28-24-27(25-29(26-28)36(4,5)6)34(38-41(39)37(7,8)9)32-22-16-17-23-33(32)40(30-18-12-10-13-19-30)31-20-14-11-15-21-31/h16-17,22-26,30-31,34,38H,10-15,18-21H2,1-9H3/t34-,41+/m0/s1. The van der Waals surface area contributed by atoms with Crippen LogP contribution < -0.4 is 10.0 Å². The van der Waals surface area contributed by atoms with Gasteiger partial charge in [-0.3, -0.25) is 0 Å². The van der Waals surface area contributed by atoms with Crippen molar-refractivity contribution in [2.24, 2.45) is 0 Å². The summed E-state index contributed by atoms with van der Waals surface area (Å²) in [6.07, 6.45) is 13.9. The Morgan fingerprint density at radius 2 is 1.17 bits per heavy atom. The van der Waals surface area contributed by atoms with E-state index in [1.54, 1.807) is 5.30 Å². The quantitative estimate of drug-likeness (QED) is 0.317. The lowest BCUT2D eigenvalue weighted by atomic mass is 9.78. The summed E-state index contributed by atoms with van der Waals surface area (Å²) in [7, 11) is -1.49. The molecule has 2 aromatic rings. The van der Waals surface area contributed by atoms with Gasteiger partial charge < -0.3 is 0 Å². The first kappa shape index (κ1) is 32.9. The number of rotatable bonds is 7. The maximum absolute atomic E-state index is 13.9. The summed E-state index contributed by atoms with van der Waals surface area (Å²) in [5, 5.41) is 1.59. The zero-order valence-electron chi connectivity index (χ0n) is 27.6. The van der Waals surface area contributed by atoms with Crippen molar-refractivity contribution in [1.29, 1.82) is 0 Å². The summed E-state index contributed by atoms with van der Waals surface area (Å²) in [6.45, 7) is 20.1. The van der Waals surface area contributed by atoms with Gasteiger partial charge in [-0.1, -0.05) is 130 Å². The average Bonchev–Trinajstić information content (AvgIpc) is 2.91. The van der Waals surface area contributed by atoms with Crippen LogP contribution in [0, 0.1) is 0 Å². The molecule has 0 radical (unpaired) electrons. The molecule has 0 saturated heterocycles. The van der Waals surface area contributed by atoms with Crippen LogP contribution in [0.3, 0.4) is 0 Å². The fraction of sp³-hybridized carbons (Fsp3) is 0.676. The molecule has 2 saturated carbocycles. The molecule has 4 heteroatoms. The second-order valence-electron chi connectivity index (χ2n) is 15.8. The average molecular weight is 596 g/mol. The van der Waals surface area contributed by atoms with E-state index in [9.17, 15) is 4.21 Å². The van der Waals surface area contributed by atoms with Gasteiger partial charge in [-0.2, -0.15) is 0 Å². The zero-order chi connectivity index (χ0) is 30.0. The Hall–Kier alpha value is -1.02. The predicted octanol–water partition coefficient (Wildman–Crippen LogP) is 10.2. The molecule has 0 amide bonds. The molecule has 41 heavy (non-hydrogen) atoms. The van der Waals surface area contributed by atoms with E-state index in [2.05, 4.69) is 110 Å². The van der Waals surface area contributed by atoms with Crippen molar-refractivity contribution in [3.63, 3.8) is 0 Å². The van der Waals surface area contributed by atoms with Gasteiger partial charge in [0.15, 0.2) is 0 Å². The van der Waals surface area contributed by atoms with Crippen LogP contribution in [-0.4, -0.2) is 20.3 Å². The third-order valence-electron chi connectivity index (χ3n) is 9.26. The number of hydrogen-bond donors (Lipinski definition) is 1. The maximum atomic E-state index is 13.9. The van der Waals surface area contributed by atoms with Crippen molar-refractivity contribution in [3.8, 4) is 0 Å². The Labute approximate surface area is 256 Å². The zero-order valence-corrected chi connectivity index (χ0v) is 29.3. The summed E-state index contributed by atoms with van der Waals surface area (Å²) < 4.78 is 17.3. The third kappa shape index (κ3) is 8.33. The van der Waals surface area contributed by atoms with Crippen LogP contribution in [0.2, 0.25) is 0 Å². The molecule has 4 rings (SSSR count). The van der Waals surface area contributed by atoms with Crippen molar-refractivity contribution >= 4 is 24.2 Å². The summed E-state index contributed by atoms with van der Waals surface area (Å²) in [4.78, 5) is 0. The molecule has 0 spiro atoms. The van der Waals surface area contributed by atoms with Gasteiger partial charge in [-0.25, -0.2) is 8.93 Å². The molecular formula is C37H58NOPS. The second kappa shape index (κ2) is 13.3. The van der Waals surface area contributed by atoms with E-state index in [0.29, 0.717) is 0 Å². The summed E-state index contributed by atoms with van der Waals surface area (Å²) >= 11 is 0. The minimum atomic E-state index is -1.20. The van der Waals surface area contributed by atoms with E-state index in [0.717, 1.165) is 11.3 Å². The van der Waals surface area contributed by atoms with Gasteiger partial charge in [0.1, 0.15) is 0 Å². The Bertz CT molecular complexity index is 1120. The summed E-state index contributed by atoms with van der Waals surface area (Å²) in [6, 6.07) is 16.5. The molecule has 2 aliphatic rings. The minimum absolute atomic E-state index is 0.0278. The molecule has 2 aromatic carbocycles. The van der Waals surface area contributed by atoms with Crippen LogP contribution in [0.15, 0.2) is 42.5 Å². The second-order valence-corrected chi connectivity index (χ2v) is 20.6. The van der Waals surface area contributed by atoms with Crippen molar-refractivity contribution in [2.75, 3.05) is 0 Å². The fourth-order valence-electron chi connectivity index (χ4n) is 6.66. The van der Waals surface area contributed by atoms with Crippen molar-refractivity contribution in [2.45, 2.75) is 159 Å². The van der Waals surface area contributed by atoms with Crippen LogP contribution in [0.4, 0.5) is 0 Å². The molecule has 1 N–H and O–H groups in total. The fourth-order valence-corrected chi connectivity index (χ4v) is 11.5. The first-order valence-electron chi connectivity index (χ1n) is 16.4. The van der Waals surface area contributed by atoms with Crippen LogP contribution in [-0.2, 0) is 21.8 Å². The normalized spacial score (nSPS) is 19.9. The van der Waals surface area contributed by atoms with Crippen molar-refractivity contribution in [1.82, 2.24) is 4.72 Å². The van der Waals surface area contributed by atoms with E-state index < -0.39 is 11.0 Å². The number of benzene rings is 2. The van der Waals surface area contributed by atoms with E-state index in [-0.39, 0.29) is 29.5 Å². The highest BCUT2D eigenvalue weighted by atomic mass is 32.2. The molecule has 0 unspecified atom stereocenters. The SMILES string of the molecule is CC(C)(C)c1cc([C@H](N[S@](=O)C(C)(C)C)c2ccccc2P(C2CCCCC2)C2CCCCC2)cc(C(C)(C)C)c1. The Kier molecular flexibility index (Phi) is 10.7. The molecule has 0 heterocycles. The maximum Gasteiger partial charge on any atom is 0.0979 e. The van der Waals surface area contributed by atoms with Crippen molar-refractivity contribution in [3.05, 3.63) is 64.7 Å². The van der Waals surface area contributed by atoms with Crippen molar-refractivity contribution < 1.29 is 4.21 Å². The topological polar surface area (TPSA) is 29.1 Å². The lowest BCUT2D eigenvalue weighted by Gasteiger charge is -2.40. The number of hydrogen-bond acceptors (Lipinski definition) is 1. The molecular weight excluding hydrogens is 537 g/mol. The van der Waals surface area contributed by atoms with Gasteiger partial charge in [-0.05, 0) is 96.2 Å². The minimum Gasteiger partial charge on any atom is -0.242 e.